The van der Waals surface area contributed by atoms with Crippen LogP contribution in [0.15, 0.2) is 98.6 Å². The molecule has 1 aromatic heterocycles. The van der Waals surface area contributed by atoms with Gasteiger partial charge in [0, 0.05) is 17.0 Å². The number of hydrogen-bond acceptors (Lipinski definition) is 5. The second-order valence-electron chi connectivity index (χ2n) is 10.2. The Hall–Kier alpha value is -4.46. The van der Waals surface area contributed by atoms with Gasteiger partial charge in [0.05, 0.1) is 27.8 Å². The molecule has 0 N–H and O–H groups in total. The zero-order valence-electron chi connectivity index (χ0n) is 21.0. The zero-order chi connectivity index (χ0) is 27.5. The summed E-state index contributed by atoms with van der Waals surface area (Å²) in [5.74, 6) is -0.587. The summed E-state index contributed by atoms with van der Waals surface area (Å²) < 4.78 is 51.0. The molecule has 0 spiro atoms. The van der Waals surface area contributed by atoms with Gasteiger partial charge in [-0.15, -0.1) is 0 Å². The number of para-hydroxylation sites is 1. The maximum absolute atomic E-state index is 13.6. The number of aliphatic imine (C=N–C) groups is 1. The number of halogens is 3. The molecular weight excluding hydrogens is 507 g/mol. The van der Waals surface area contributed by atoms with Crippen molar-refractivity contribution in [1.82, 2.24) is 0 Å². The number of benzene rings is 3. The van der Waals surface area contributed by atoms with E-state index in [-0.39, 0.29) is 23.7 Å². The molecular formula is C31H22F3NO4. The molecule has 1 atom stereocenters. The molecule has 0 bridgehead atoms. The molecule has 196 valence electrons. The number of rotatable bonds is 4. The van der Waals surface area contributed by atoms with Crippen LogP contribution < -0.4 is 10.4 Å². The van der Waals surface area contributed by atoms with Crippen LogP contribution in [0.25, 0.3) is 11.0 Å². The number of alkyl halides is 3. The summed E-state index contributed by atoms with van der Waals surface area (Å²) in [6, 6.07) is 18.8. The molecule has 5 nitrogen and oxygen atoms in total. The molecule has 6 rings (SSSR count). The van der Waals surface area contributed by atoms with Crippen LogP contribution in [0.2, 0.25) is 0 Å². The van der Waals surface area contributed by atoms with Crippen molar-refractivity contribution in [3.8, 4) is 5.75 Å². The Morgan fingerprint density at radius 1 is 0.923 bits per heavy atom. The molecule has 0 unspecified atom stereocenters. The molecule has 0 amide bonds. The lowest BCUT2D eigenvalue weighted by Gasteiger charge is -2.28. The minimum atomic E-state index is -4.45. The van der Waals surface area contributed by atoms with E-state index >= 15 is 0 Å². The van der Waals surface area contributed by atoms with Crippen molar-refractivity contribution in [2.45, 2.75) is 38.1 Å². The number of nitrogens with zero attached hydrogens (tertiary/aromatic N) is 1. The summed E-state index contributed by atoms with van der Waals surface area (Å²) in [4.78, 5) is 31.6. The second kappa shape index (κ2) is 8.80. The number of ether oxygens (including phenoxy) is 1. The summed E-state index contributed by atoms with van der Waals surface area (Å²) in [6.07, 6.45) is -2.93. The Morgan fingerprint density at radius 3 is 2.31 bits per heavy atom. The van der Waals surface area contributed by atoms with E-state index in [1.54, 1.807) is 36.4 Å². The van der Waals surface area contributed by atoms with E-state index in [0.29, 0.717) is 38.9 Å². The number of carbonyl (C=O) groups is 1. The lowest BCUT2D eigenvalue weighted by Crippen LogP contribution is -2.30. The topological polar surface area (TPSA) is 68.9 Å². The van der Waals surface area contributed by atoms with E-state index in [9.17, 15) is 22.8 Å². The third kappa shape index (κ3) is 4.16. The highest BCUT2D eigenvalue weighted by Gasteiger charge is 2.47. The van der Waals surface area contributed by atoms with Crippen LogP contribution in [0.5, 0.6) is 5.75 Å². The minimum Gasteiger partial charge on any atom is -0.488 e. The van der Waals surface area contributed by atoms with E-state index in [4.69, 9.17) is 14.1 Å². The van der Waals surface area contributed by atoms with Gasteiger partial charge in [-0.3, -0.25) is 9.79 Å². The number of allylic oxidation sites excluding steroid dienone is 1. The SMILES string of the molecule is CC1(C)N=C2C(=CC(=O)c3ccccc32)[C@@H]1c1c(OCc2ccc(C(F)(F)F)cc2)c2ccccc2oc1=O. The molecule has 0 saturated heterocycles. The highest BCUT2D eigenvalue weighted by atomic mass is 19.4. The Bertz CT molecular complexity index is 1760. The first kappa shape index (κ1) is 24.9. The number of ketones is 1. The van der Waals surface area contributed by atoms with Crippen molar-refractivity contribution in [2.75, 3.05) is 0 Å². The van der Waals surface area contributed by atoms with Crippen molar-refractivity contribution < 1.29 is 27.1 Å². The summed E-state index contributed by atoms with van der Waals surface area (Å²) in [5, 5.41) is 0.534. The summed E-state index contributed by atoms with van der Waals surface area (Å²) >= 11 is 0. The lowest BCUT2D eigenvalue weighted by atomic mass is 9.75. The fourth-order valence-electron chi connectivity index (χ4n) is 5.42. The standard InChI is InChI=1S/C31H22F3NO4/c1-30(2)26(22-15-23(36)19-7-3-4-8-20(19)27(22)35-30)25-28(21-9-5-6-10-24(21)39-29(25)37)38-16-17-11-13-18(14-12-17)31(32,33)34/h3-15,26H,16H2,1-2H3/t26-/m1/s1. The summed E-state index contributed by atoms with van der Waals surface area (Å²) in [6.45, 7) is 3.68. The van der Waals surface area contributed by atoms with Crippen LogP contribution in [0.3, 0.4) is 0 Å². The number of carbonyl (C=O) groups excluding carboxylic acids is 1. The molecule has 8 heteroatoms. The van der Waals surface area contributed by atoms with Gasteiger partial charge in [0.1, 0.15) is 17.9 Å². The number of fused-ring (bicyclic) bond motifs is 4. The molecule has 0 radical (unpaired) electrons. The first-order valence-corrected chi connectivity index (χ1v) is 12.3. The Morgan fingerprint density at radius 2 is 1.59 bits per heavy atom. The molecule has 1 aliphatic heterocycles. The predicted octanol–water partition coefficient (Wildman–Crippen LogP) is 6.88. The van der Waals surface area contributed by atoms with Gasteiger partial charge in [0.15, 0.2) is 5.78 Å². The van der Waals surface area contributed by atoms with E-state index in [1.807, 2.05) is 26.0 Å². The fraction of sp³-hybridized carbons (Fsp3) is 0.194. The van der Waals surface area contributed by atoms with E-state index in [2.05, 4.69) is 0 Å². The van der Waals surface area contributed by atoms with Crippen LogP contribution in [0, 0.1) is 0 Å². The van der Waals surface area contributed by atoms with Gasteiger partial charge < -0.3 is 9.15 Å². The fourth-order valence-corrected chi connectivity index (χ4v) is 5.42. The van der Waals surface area contributed by atoms with Gasteiger partial charge in [-0.2, -0.15) is 13.2 Å². The van der Waals surface area contributed by atoms with Gasteiger partial charge >= 0.3 is 11.8 Å². The molecule has 0 fully saturated rings. The van der Waals surface area contributed by atoms with Crippen LogP contribution in [-0.4, -0.2) is 17.0 Å². The molecule has 0 saturated carbocycles. The Labute approximate surface area is 221 Å². The average Bonchev–Trinajstić information content (AvgIpc) is 3.16. The highest BCUT2D eigenvalue weighted by Crippen LogP contribution is 2.49. The van der Waals surface area contributed by atoms with E-state index in [1.165, 1.54) is 18.2 Å². The zero-order valence-corrected chi connectivity index (χ0v) is 21.0. The quantitative estimate of drug-likeness (QED) is 0.270. The van der Waals surface area contributed by atoms with Gasteiger partial charge in [-0.05, 0) is 55.3 Å². The van der Waals surface area contributed by atoms with Gasteiger partial charge in [0.25, 0.3) is 0 Å². The van der Waals surface area contributed by atoms with Crippen molar-refractivity contribution >= 4 is 22.5 Å². The van der Waals surface area contributed by atoms with Crippen molar-refractivity contribution in [3.63, 3.8) is 0 Å². The second-order valence-corrected chi connectivity index (χ2v) is 10.2. The Kier molecular flexibility index (Phi) is 5.61. The van der Waals surface area contributed by atoms with Crippen LogP contribution >= 0.6 is 0 Å². The van der Waals surface area contributed by atoms with Gasteiger partial charge in [0.2, 0.25) is 0 Å². The molecule has 4 aromatic rings. The summed E-state index contributed by atoms with van der Waals surface area (Å²) in [5.41, 5.74) is 1.29. The predicted molar refractivity (Wildman–Crippen MR) is 140 cm³/mol. The highest BCUT2D eigenvalue weighted by molar-refractivity contribution is 6.28. The monoisotopic (exact) mass is 529 g/mol. The van der Waals surface area contributed by atoms with Crippen molar-refractivity contribution in [3.05, 3.63) is 123 Å². The average molecular weight is 530 g/mol. The molecule has 1 aliphatic carbocycles. The van der Waals surface area contributed by atoms with Crippen LogP contribution in [0.4, 0.5) is 13.2 Å². The third-order valence-corrected chi connectivity index (χ3v) is 7.18. The van der Waals surface area contributed by atoms with Crippen LogP contribution in [-0.2, 0) is 12.8 Å². The van der Waals surface area contributed by atoms with E-state index in [0.717, 1.165) is 12.1 Å². The van der Waals surface area contributed by atoms with Gasteiger partial charge in [-0.1, -0.05) is 48.5 Å². The minimum absolute atomic E-state index is 0.0831. The van der Waals surface area contributed by atoms with E-state index < -0.39 is 28.8 Å². The maximum atomic E-state index is 13.6. The molecule has 2 aliphatic rings. The first-order chi connectivity index (χ1) is 18.5. The maximum Gasteiger partial charge on any atom is 0.416 e. The molecule has 2 heterocycles. The lowest BCUT2D eigenvalue weighted by molar-refractivity contribution is -0.137. The molecule has 3 aromatic carbocycles. The largest absolute Gasteiger partial charge is 0.488 e. The smallest absolute Gasteiger partial charge is 0.416 e. The third-order valence-electron chi connectivity index (χ3n) is 7.18. The summed E-state index contributed by atoms with van der Waals surface area (Å²) in [7, 11) is 0. The number of hydrogen-bond donors (Lipinski definition) is 0. The van der Waals surface area contributed by atoms with Crippen LogP contribution in [0.1, 0.15) is 52.4 Å². The van der Waals surface area contributed by atoms with Crippen molar-refractivity contribution in [2.24, 2.45) is 4.99 Å². The Balaban J connectivity index is 1.48. The van der Waals surface area contributed by atoms with Crippen molar-refractivity contribution in [1.29, 1.82) is 0 Å². The molecule has 39 heavy (non-hydrogen) atoms. The first-order valence-electron chi connectivity index (χ1n) is 12.3. The van der Waals surface area contributed by atoms with Gasteiger partial charge in [-0.25, -0.2) is 4.79 Å². The normalized spacial score (nSPS) is 17.9.